The summed E-state index contributed by atoms with van der Waals surface area (Å²) in [6, 6.07) is 8.24. The lowest BCUT2D eigenvalue weighted by Crippen LogP contribution is -2.38. The van der Waals surface area contributed by atoms with Crippen LogP contribution in [0.1, 0.15) is 43.3 Å². The van der Waals surface area contributed by atoms with Gasteiger partial charge in [0.05, 0.1) is 24.2 Å². The second-order valence-electron chi connectivity index (χ2n) is 6.90. The van der Waals surface area contributed by atoms with Crippen LogP contribution in [0.4, 0.5) is 0 Å². The Morgan fingerprint density at radius 2 is 2.12 bits per heavy atom. The second-order valence-corrected chi connectivity index (χ2v) is 6.90. The number of imidazole rings is 1. The van der Waals surface area contributed by atoms with Crippen LogP contribution in [0.25, 0.3) is 11.0 Å². The number of ether oxygens (including phenoxy) is 1. The normalized spacial score (nSPS) is 19.1. The SMILES string of the molecule is CC(C)c1n[nH]c([C@@H]2CN(Cc3nc4ccccc4n3C)CCO2)n1. The third kappa shape index (κ3) is 3.17. The van der Waals surface area contributed by atoms with Gasteiger partial charge in [-0.1, -0.05) is 26.0 Å². The highest BCUT2D eigenvalue weighted by atomic mass is 16.5. The van der Waals surface area contributed by atoms with Crippen molar-refractivity contribution in [1.82, 2.24) is 29.6 Å². The predicted molar refractivity (Wildman–Crippen MR) is 95.2 cm³/mol. The zero-order valence-corrected chi connectivity index (χ0v) is 14.9. The number of nitrogens with one attached hydrogen (secondary N) is 1. The molecule has 4 rings (SSSR count). The average molecular weight is 340 g/mol. The predicted octanol–water partition coefficient (Wildman–Crippen LogP) is 2.39. The highest BCUT2D eigenvalue weighted by Gasteiger charge is 2.26. The molecule has 0 bridgehead atoms. The molecule has 7 nitrogen and oxygen atoms in total. The number of hydrogen-bond acceptors (Lipinski definition) is 5. The molecule has 1 aromatic carbocycles. The molecule has 132 valence electrons. The molecule has 1 saturated heterocycles. The van der Waals surface area contributed by atoms with E-state index in [1.165, 1.54) is 5.52 Å². The highest BCUT2D eigenvalue weighted by molar-refractivity contribution is 5.75. The molecular formula is C18H24N6O. The maximum atomic E-state index is 5.91. The van der Waals surface area contributed by atoms with E-state index in [0.717, 1.165) is 42.6 Å². The Morgan fingerprint density at radius 3 is 2.88 bits per heavy atom. The third-order valence-electron chi connectivity index (χ3n) is 4.74. The lowest BCUT2D eigenvalue weighted by atomic mass is 10.2. The number of aromatic amines is 1. The van der Waals surface area contributed by atoms with Gasteiger partial charge in [-0.3, -0.25) is 10.00 Å². The van der Waals surface area contributed by atoms with E-state index < -0.39 is 0 Å². The van der Waals surface area contributed by atoms with Crippen LogP contribution in [0.3, 0.4) is 0 Å². The average Bonchev–Trinajstić information content (AvgIpc) is 3.22. The smallest absolute Gasteiger partial charge is 0.155 e. The first-order valence-corrected chi connectivity index (χ1v) is 8.78. The zero-order chi connectivity index (χ0) is 17.4. The first-order valence-electron chi connectivity index (χ1n) is 8.78. The molecule has 0 amide bonds. The fraction of sp³-hybridized carbons (Fsp3) is 0.500. The number of para-hydroxylation sites is 2. The van der Waals surface area contributed by atoms with Gasteiger partial charge in [-0.25, -0.2) is 9.97 Å². The van der Waals surface area contributed by atoms with Gasteiger partial charge in [0.2, 0.25) is 0 Å². The first kappa shape index (κ1) is 16.2. The van der Waals surface area contributed by atoms with Crippen LogP contribution in [0.5, 0.6) is 0 Å². The van der Waals surface area contributed by atoms with E-state index in [1.54, 1.807) is 0 Å². The molecule has 0 radical (unpaired) electrons. The second kappa shape index (κ2) is 6.57. The molecule has 1 aliphatic rings. The van der Waals surface area contributed by atoms with Gasteiger partial charge in [0.1, 0.15) is 11.9 Å². The van der Waals surface area contributed by atoms with Crippen LogP contribution in [0, 0.1) is 0 Å². The molecular weight excluding hydrogens is 316 g/mol. The van der Waals surface area contributed by atoms with E-state index in [0.29, 0.717) is 12.5 Å². The van der Waals surface area contributed by atoms with Crippen molar-refractivity contribution in [3.63, 3.8) is 0 Å². The highest BCUT2D eigenvalue weighted by Crippen LogP contribution is 2.22. The summed E-state index contributed by atoms with van der Waals surface area (Å²) in [5, 5.41) is 7.33. The topological polar surface area (TPSA) is 71.9 Å². The molecule has 1 N–H and O–H groups in total. The summed E-state index contributed by atoms with van der Waals surface area (Å²) in [6.45, 7) is 7.35. The van der Waals surface area contributed by atoms with Crippen molar-refractivity contribution in [1.29, 1.82) is 0 Å². The van der Waals surface area contributed by atoms with Crippen LogP contribution >= 0.6 is 0 Å². The van der Waals surface area contributed by atoms with Crippen LogP contribution in [0.2, 0.25) is 0 Å². The van der Waals surface area contributed by atoms with Gasteiger partial charge in [-0.2, -0.15) is 5.10 Å². The molecule has 0 unspecified atom stereocenters. The molecule has 2 aromatic heterocycles. The minimum Gasteiger partial charge on any atom is -0.368 e. The number of aryl methyl sites for hydroxylation is 1. The molecule has 0 aliphatic carbocycles. The molecule has 0 spiro atoms. The quantitative estimate of drug-likeness (QED) is 0.789. The Hall–Kier alpha value is -2.25. The van der Waals surface area contributed by atoms with Crippen molar-refractivity contribution >= 4 is 11.0 Å². The van der Waals surface area contributed by atoms with Crippen molar-refractivity contribution in [3.05, 3.63) is 41.7 Å². The molecule has 3 aromatic rings. The number of H-pyrrole nitrogens is 1. The Morgan fingerprint density at radius 1 is 1.28 bits per heavy atom. The van der Waals surface area contributed by atoms with Crippen molar-refractivity contribution in [2.45, 2.75) is 32.4 Å². The van der Waals surface area contributed by atoms with Gasteiger partial charge in [0, 0.05) is 26.1 Å². The van der Waals surface area contributed by atoms with Gasteiger partial charge in [-0.15, -0.1) is 0 Å². The van der Waals surface area contributed by atoms with Crippen LogP contribution in [0.15, 0.2) is 24.3 Å². The van der Waals surface area contributed by atoms with Crippen molar-refractivity contribution in [2.24, 2.45) is 7.05 Å². The summed E-state index contributed by atoms with van der Waals surface area (Å²) in [6.07, 6.45) is -0.0663. The summed E-state index contributed by atoms with van der Waals surface area (Å²) >= 11 is 0. The van der Waals surface area contributed by atoms with Crippen molar-refractivity contribution in [2.75, 3.05) is 19.7 Å². The minimum absolute atomic E-state index is 0.0663. The minimum atomic E-state index is -0.0663. The molecule has 0 saturated carbocycles. The number of aromatic nitrogens is 5. The number of hydrogen-bond donors (Lipinski definition) is 1. The van der Waals surface area contributed by atoms with E-state index >= 15 is 0 Å². The van der Waals surface area contributed by atoms with Crippen LogP contribution in [-0.4, -0.2) is 49.3 Å². The fourth-order valence-electron chi connectivity index (χ4n) is 3.24. The van der Waals surface area contributed by atoms with E-state index in [9.17, 15) is 0 Å². The number of benzene rings is 1. The van der Waals surface area contributed by atoms with Crippen LogP contribution < -0.4 is 0 Å². The molecule has 1 fully saturated rings. The van der Waals surface area contributed by atoms with Crippen molar-refractivity contribution in [3.8, 4) is 0 Å². The summed E-state index contributed by atoms with van der Waals surface area (Å²) < 4.78 is 8.08. The lowest BCUT2D eigenvalue weighted by Gasteiger charge is -2.31. The zero-order valence-electron chi connectivity index (χ0n) is 14.9. The summed E-state index contributed by atoms with van der Waals surface area (Å²) in [5.74, 6) is 3.04. The fourth-order valence-corrected chi connectivity index (χ4v) is 3.24. The van der Waals surface area contributed by atoms with Gasteiger partial charge in [-0.05, 0) is 12.1 Å². The van der Waals surface area contributed by atoms with E-state index in [-0.39, 0.29) is 6.10 Å². The maximum absolute atomic E-state index is 5.91. The Kier molecular flexibility index (Phi) is 4.27. The van der Waals surface area contributed by atoms with E-state index in [1.807, 2.05) is 6.07 Å². The summed E-state index contributed by atoms with van der Waals surface area (Å²) in [4.78, 5) is 11.7. The summed E-state index contributed by atoms with van der Waals surface area (Å²) in [7, 11) is 2.08. The number of nitrogens with zero attached hydrogens (tertiary/aromatic N) is 5. The summed E-state index contributed by atoms with van der Waals surface area (Å²) in [5.41, 5.74) is 2.21. The molecule has 1 atom stereocenters. The van der Waals surface area contributed by atoms with Crippen LogP contribution in [-0.2, 0) is 18.3 Å². The van der Waals surface area contributed by atoms with Gasteiger partial charge >= 0.3 is 0 Å². The number of fused-ring (bicyclic) bond motifs is 1. The largest absolute Gasteiger partial charge is 0.368 e. The van der Waals surface area contributed by atoms with Gasteiger partial charge in [0.15, 0.2) is 11.6 Å². The third-order valence-corrected chi connectivity index (χ3v) is 4.74. The van der Waals surface area contributed by atoms with Gasteiger partial charge in [0.25, 0.3) is 0 Å². The maximum Gasteiger partial charge on any atom is 0.155 e. The Labute approximate surface area is 147 Å². The van der Waals surface area contributed by atoms with Crippen molar-refractivity contribution < 1.29 is 4.74 Å². The lowest BCUT2D eigenvalue weighted by molar-refractivity contribution is -0.0379. The molecule has 7 heteroatoms. The molecule has 3 heterocycles. The molecule has 25 heavy (non-hydrogen) atoms. The number of morpholine rings is 1. The number of rotatable bonds is 4. The first-order chi connectivity index (χ1) is 12.1. The Bertz CT molecular complexity index is 867. The standard InChI is InChI=1S/C18H24N6O/c1-12(2)17-20-18(22-21-17)15-10-24(8-9-25-15)11-16-19-13-6-4-5-7-14(13)23(16)3/h4-7,12,15H,8-11H2,1-3H3,(H,20,21,22)/t15-/m0/s1. The van der Waals surface area contributed by atoms with E-state index in [2.05, 4.69) is 63.7 Å². The monoisotopic (exact) mass is 340 g/mol. The van der Waals surface area contributed by atoms with E-state index in [4.69, 9.17) is 9.72 Å². The van der Waals surface area contributed by atoms with Gasteiger partial charge < -0.3 is 9.30 Å². The Balaban J connectivity index is 1.49. The molecule has 1 aliphatic heterocycles.